The second-order valence-corrected chi connectivity index (χ2v) is 8.45. The third-order valence-corrected chi connectivity index (χ3v) is 5.92. The van der Waals surface area contributed by atoms with Crippen molar-refractivity contribution in [3.8, 4) is 22.5 Å². The highest BCUT2D eigenvalue weighted by Crippen LogP contribution is 2.40. The summed E-state index contributed by atoms with van der Waals surface area (Å²) in [6.45, 7) is 4.37. The zero-order valence-electron chi connectivity index (χ0n) is 17.0. The number of imidazole rings is 1. The molecule has 0 aliphatic carbocycles. The highest BCUT2D eigenvalue weighted by Gasteiger charge is 2.23. The fourth-order valence-corrected chi connectivity index (χ4v) is 4.29. The molecule has 6 heteroatoms. The van der Waals surface area contributed by atoms with Crippen LogP contribution >= 0.6 is 23.2 Å². The van der Waals surface area contributed by atoms with E-state index < -0.39 is 0 Å². The maximum Gasteiger partial charge on any atom is 0.132 e. The number of aliphatic hydroxyl groups is 1. The SMILES string of the molecule is C=C(O)c1[nH]c2cc(Cl)ccc2c1-c1c(-c2ccccc2)ncn1Cc1ccc(Cl)cc1. The van der Waals surface area contributed by atoms with E-state index in [9.17, 15) is 5.11 Å². The molecule has 0 atom stereocenters. The first kappa shape index (κ1) is 20.4. The first-order valence-electron chi connectivity index (χ1n) is 10.1. The lowest BCUT2D eigenvalue weighted by atomic mass is 10.0. The molecule has 5 rings (SSSR count). The Balaban J connectivity index is 1.79. The van der Waals surface area contributed by atoms with Crippen molar-refractivity contribution in [2.75, 3.05) is 0 Å². The van der Waals surface area contributed by atoms with Crippen molar-refractivity contribution in [3.05, 3.63) is 107 Å². The number of hydrogen-bond acceptors (Lipinski definition) is 2. The smallest absolute Gasteiger partial charge is 0.132 e. The molecule has 0 unspecified atom stereocenters. The number of hydrogen-bond donors (Lipinski definition) is 2. The molecule has 2 heterocycles. The molecule has 2 aromatic heterocycles. The number of aliphatic hydroxyl groups excluding tert-OH is 1. The molecule has 3 aromatic carbocycles. The van der Waals surface area contributed by atoms with Crippen LogP contribution in [-0.2, 0) is 6.54 Å². The van der Waals surface area contributed by atoms with E-state index in [4.69, 9.17) is 28.2 Å². The standard InChI is InChI=1S/C26H19Cl2N3O/c1-16(32)24-23(21-12-11-20(28)13-22(21)30-24)26-25(18-5-3-2-4-6-18)29-15-31(26)14-17-7-9-19(27)10-8-17/h2-13,15,30,32H,1,14H2. The molecule has 0 saturated carbocycles. The monoisotopic (exact) mass is 459 g/mol. The van der Waals surface area contributed by atoms with Crippen molar-refractivity contribution in [1.82, 2.24) is 14.5 Å². The predicted molar refractivity (Wildman–Crippen MR) is 132 cm³/mol. The van der Waals surface area contributed by atoms with Gasteiger partial charge in [0.05, 0.1) is 23.4 Å². The second-order valence-electron chi connectivity index (χ2n) is 7.57. The summed E-state index contributed by atoms with van der Waals surface area (Å²) in [7, 11) is 0. The van der Waals surface area contributed by atoms with Crippen molar-refractivity contribution >= 4 is 39.9 Å². The zero-order valence-corrected chi connectivity index (χ0v) is 18.5. The van der Waals surface area contributed by atoms with Gasteiger partial charge < -0.3 is 14.7 Å². The van der Waals surface area contributed by atoms with E-state index in [-0.39, 0.29) is 5.76 Å². The molecular formula is C26H19Cl2N3O. The molecule has 0 saturated heterocycles. The largest absolute Gasteiger partial charge is 0.506 e. The van der Waals surface area contributed by atoms with E-state index in [1.807, 2.05) is 79.1 Å². The van der Waals surface area contributed by atoms with Gasteiger partial charge in [-0.15, -0.1) is 0 Å². The Kier molecular flexibility index (Phi) is 5.25. The minimum Gasteiger partial charge on any atom is -0.506 e. The Labute approximate surface area is 195 Å². The van der Waals surface area contributed by atoms with Crippen molar-refractivity contribution in [2.24, 2.45) is 0 Å². The maximum absolute atomic E-state index is 10.4. The average Bonchev–Trinajstić information content (AvgIpc) is 3.36. The number of nitrogens with one attached hydrogen (secondary N) is 1. The van der Waals surface area contributed by atoms with E-state index in [1.54, 1.807) is 0 Å². The van der Waals surface area contributed by atoms with Gasteiger partial charge in [-0.05, 0) is 29.8 Å². The molecule has 0 bridgehead atoms. The van der Waals surface area contributed by atoms with Gasteiger partial charge in [0.1, 0.15) is 5.76 Å². The highest BCUT2D eigenvalue weighted by molar-refractivity contribution is 6.31. The normalized spacial score (nSPS) is 11.2. The Bertz CT molecular complexity index is 1430. The highest BCUT2D eigenvalue weighted by atomic mass is 35.5. The molecular weight excluding hydrogens is 441 g/mol. The lowest BCUT2D eigenvalue weighted by Crippen LogP contribution is -2.02. The van der Waals surface area contributed by atoms with Gasteiger partial charge in [0, 0.05) is 38.6 Å². The molecule has 0 spiro atoms. The Morgan fingerprint density at radius 1 is 0.969 bits per heavy atom. The molecule has 0 aliphatic rings. The van der Waals surface area contributed by atoms with E-state index in [1.165, 1.54) is 0 Å². The fraction of sp³-hybridized carbons (Fsp3) is 0.0385. The van der Waals surface area contributed by atoms with E-state index in [2.05, 4.69) is 16.1 Å². The number of halogens is 2. The van der Waals surface area contributed by atoms with Crippen LogP contribution in [0.25, 0.3) is 39.2 Å². The summed E-state index contributed by atoms with van der Waals surface area (Å²) in [5, 5.41) is 12.7. The molecule has 32 heavy (non-hydrogen) atoms. The molecule has 2 N–H and O–H groups in total. The molecule has 0 aliphatic heterocycles. The van der Waals surface area contributed by atoms with Gasteiger partial charge in [-0.25, -0.2) is 4.98 Å². The number of nitrogens with zero attached hydrogens (tertiary/aromatic N) is 2. The summed E-state index contributed by atoms with van der Waals surface area (Å²) in [5.41, 5.74) is 5.95. The molecule has 5 aromatic rings. The van der Waals surface area contributed by atoms with Gasteiger partial charge in [0.15, 0.2) is 0 Å². The van der Waals surface area contributed by atoms with Crippen LogP contribution in [0.15, 0.2) is 85.7 Å². The van der Waals surface area contributed by atoms with E-state index >= 15 is 0 Å². The molecule has 158 valence electrons. The minimum absolute atomic E-state index is 0.0504. The summed E-state index contributed by atoms with van der Waals surface area (Å²) < 4.78 is 2.08. The predicted octanol–water partition coefficient (Wildman–Crippen LogP) is 7.58. The maximum atomic E-state index is 10.4. The number of fused-ring (bicyclic) bond motifs is 1. The lowest BCUT2D eigenvalue weighted by molar-refractivity contribution is 0.511. The average molecular weight is 460 g/mol. The Hall–Kier alpha value is -3.47. The van der Waals surface area contributed by atoms with Crippen LogP contribution in [0.1, 0.15) is 11.3 Å². The quantitative estimate of drug-likeness (QED) is 0.266. The van der Waals surface area contributed by atoms with Crippen LogP contribution in [0.2, 0.25) is 10.0 Å². The lowest BCUT2D eigenvalue weighted by Gasteiger charge is -2.12. The number of aromatic nitrogens is 3. The number of benzene rings is 3. The van der Waals surface area contributed by atoms with Crippen molar-refractivity contribution in [3.63, 3.8) is 0 Å². The van der Waals surface area contributed by atoms with Crippen LogP contribution in [0, 0.1) is 0 Å². The Morgan fingerprint density at radius 2 is 1.69 bits per heavy atom. The first-order chi connectivity index (χ1) is 15.5. The van der Waals surface area contributed by atoms with Crippen molar-refractivity contribution in [2.45, 2.75) is 6.54 Å². The third kappa shape index (κ3) is 3.68. The zero-order chi connectivity index (χ0) is 22.2. The number of aromatic amines is 1. The molecule has 0 amide bonds. The van der Waals surface area contributed by atoms with Gasteiger partial charge in [-0.2, -0.15) is 0 Å². The van der Waals surface area contributed by atoms with Crippen LogP contribution in [0.5, 0.6) is 0 Å². The van der Waals surface area contributed by atoms with Crippen LogP contribution in [0.4, 0.5) is 0 Å². The molecule has 0 radical (unpaired) electrons. The van der Waals surface area contributed by atoms with Crippen LogP contribution in [-0.4, -0.2) is 19.6 Å². The molecule has 4 nitrogen and oxygen atoms in total. The van der Waals surface area contributed by atoms with Gasteiger partial charge in [0.25, 0.3) is 0 Å². The Morgan fingerprint density at radius 3 is 2.41 bits per heavy atom. The van der Waals surface area contributed by atoms with Gasteiger partial charge >= 0.3 is 0 Å². The van der Waals surface area contributed by atoms with Gasteiger partial charge in [-0.3, -0.25) is 0 Å². The van der Waals surface area contributed by atoms with E-state index in [0.29, 0.717) is 22.3 Å². The summed E-state index contributed by atoms with van der Waals surface area (Å²) in [5.74, 6) is -0.0504. The topological polar surface area (TPSA) is 53.8 Å². The van der Waals surface area contributed by atoms with Gasteiger partial charge in [0.2, 0.25) is 0 Å². The summed E-state index contributed by atoms with van der Waals surface area (Å²) in [6.07, 6.45) is 1.82. The van der Waals surface area contributed by atoms with Crippen molar-refractivity contribution < 1.29 is 5.11 Å². The van der Waals surface area contributed by atoms with Gasteiger partial charge in [-0.1, -0.05) is 78.3 Å². The summed E-state index contributed by atoms with van der Waals surface area (Å²) in [6, 6.07) is 23.4. The van der Waals surface area contributed by atoms with Crippen LogP contribution in [0.3, 0.4) is 0 Å². The first-order valence-corrected chi connectivity index (χ1v) is 10.8. The fourth-order valence-electron chi connectivity index (χ4n) is 3.99. The second kappa shape index (κ2) is 8.23. The minimum atomic E-state index is -0.0504. The number of H-pyrrole nitrogens is 1. The summed E-state index contributed by atoms with van der Waals surface area (Å²) >= 11 is 12.3. The number of rotatable bonds is 5. The summed E-state index contributed by atoms with van der Waals surface area (Å²) in [4.78, 5) is 8.04. The van der Waals surface area contributed by atoms with Crippen LogP contribution < -0.4 is 0 Å². The third-order valence-electron chi connectivity index (χ3n) is 5.44. The van der Waals surface area contributed by atoms with Crippen molar-refractivity contribution in [1.29, 1.82) is 0 Å². The van der Waals surface area contributed by atoms with E-state index in [0.717, 1.165) is 39.0 Å². The molecule has 0 fully saturated rings.